The van der Waals surface area contributed by atoms with Crippen molar-refractivity contribution in [2.24, 2.45) is 5.41 Å². The first kappa shape index (κ1) is 11.1. The molecule has 3 nitrogen and oxygen atoms in total. The Hall–Kier alpha value is -0.960. The third-order valence-electron chi connectivity index (χ3n) is 2.42. The topological polar surface area (TPSA) is 37.8 Å². The van der Waals surface area contributed by atoms with Crippen molar-refractivity contribution in [1.82, 2.24) is 15.3 Å². The molecule has 3 heteroatoms. The van der Waals surface area contributed by atoms with E-state index < -0.39 is 0 Å². The van der Waals surface area contributed by atoms with Gasteiger partial charge < -0.3 is 5.32 Å². The molecule has 0 aromatic carbocycles. The quantitative estimate of drug-likeness (QED) is 0.793. The normalized spacial score (nSPS) is 14.0. The number of nitrogens with zero attached hydrogens (tertiary/aromatic N) is 2. The van der Waals surface area contributed by atoms with Gasteiger partial charge in [-0.2, -0.15) is 0 Å². The molecule has 0 aliphatic rings. The van der Waals surface area contributed by atoms with E-state index in [1.807, 2.05) is 13.2 Å². The van der Waals surface area contributed by atoms with Gasteiger partial charge in [-0.1, -0.05) is 20.8 Å². The van der Waals surface area contributed by atoms with Gasteiger partial charge in [0.2, 0.25) is 0 Å². The zero-order chi connectivity index (χ0) is 10.6. The van der Waals surface area contributed by atoms with E-state index in [0.29, 0.717) is 6.04 Å². The highest BCUT2D eigenvalue weighted by molar-refractivity contribution is 4.99. The second kappa shape index (κ2) is 4.51. The first-order valence-corrected chi connectivity index (χ1v) is 4.96. The van der Waals surface area contributed by atoms with Crippen LogP contribution in [0.5, 0.6) is 0 Å². The Morgan fingerprint density at radius 3 is 2.50 bits per heavy atom. The summed E-state index contributed by atoms with van der Waals surface area (Å²) in [6.45, 7) is 6.68. The van der Waals surface area contributed by atoms with Crippen LogP contribution >= 0.6 is 0 Å². The molecular formula is C11H19N3. The first-order chi connectivity index (χ1) is 6.54. The van der Waals surface area contributed by atoms with Crippen LogP contribution < -0.4 is 5.32 Å². The van der Waals surface area contributed by atoms with Gasteiger partial charge >= 0.3 is 0 Å². The van der Waals surface area contributed by atoms with E-state index in [1.165, 1.54) is 0 Å². The van der Waals surface area contributed by atoms with Gasteiger partial charge in [0.1, 0.15) is 0 Å². The Morgan fingerprint density at radius 2 is 2.07 bits per heavy atom. The maximum Gasteiger partial charge on any atom is 0.0602 e. The highest BCUT2D eigenvalue weighted by Crippen LogP contribution is 2.21. The SMILES string of the molecule is CNC(Cc1cnccn1)C(C)(C)C. The highest BCUT2D eigenvalue weighted by atomic mass is 14.9. The van der Waals surface area contributed by atoms with E-state index in [0.717, 1.165) is 12.1 Å². The summed E-state index contributed by atoms with van der Waals surface area (Å²) in [7, 11) is 1.99. The van der Waals surface area contributed by atoms with Gasteiger partial charge in [-0.15, -0.1) is 0 Å². The zero-order valence-corrected chi connectivity index (χ0v) is 9.41. The lowest BCUT2D eigenvalue weighted by Crippen LogP contribution is -2.39. The van der Waals surface area contributed by atoms with E-state index >= 15 is 0 Å². The van der Waals surface area contributed by atoms with Crippen molar-refractivity contribution in [2.75, 3.05) is 7.05 Å². The second-order valence-corrected chi connectivity index (χ2v) is 4.61. The fourth-order valence-corrected chi connectivity index (χ4v) is 1.49. The summed E-state index contributed by atoms with van der Waals surface area (Å²) in [5, 5.41) is 3.32. The molecule has 0 spiro atoms. The second-order valence-electron chi connectivity index (χ2n) is 4.61. The number of nitrogens with one attached hydrogen (secondary N) is 1. The van der Waals surface area contributed by atoms with Crippen LogP contribution in [0, 0.1) is 5.41 Å². The molecule has 0 fully saturated rings. The van der Waals surface area contributed by atoms with Gasteiger partial charge in [-0.3, -0.25) is 9.97 Å². The summed E-state index contributed by atoms with van der Waals surface area (Å²) >= 11 is 0. The molecular weight excluding hydrogens is 174 g/mol. The van der Waals surface area contributed by atoms with E-state index in [-0.39, 0.29) is 5.41 Å². The predicted molar refractivity (Wildman–Crippen MR) is 58.0 cm³/mol. The van der Waals surface area contributed by atoms with Crippen LogP contribution in [0.3, 0.4) is 0 Å². The van der Waals surface area contributed by atoms with Crippen LogP contribution in [-0.2, 0) is 6.42 Å². The molecule has 1 atom stereocenters. The molecule has 0 saturated carbocycles. The lowest BCUT2D eigenvalue weighted by molar-refractivity contribution is 0.278. The lowest BCUT2D eigenvalue weighted by Gasteiger charge is -2.30. The predicted octanol–water partition coefficient (Wildman–Crippen LogP) is 1.65. The van der Waals surface area contributed by atoms with Crippen LogP contribution in [0.4, 0.5) is 0 Å². The molecule has 0 radical (unpaired) electrons. The summed E-state index contributed by atoms with van der Waals surface area (Å²) < 4.78 is 0. The first-order valence-electron chi connectivity index (χ1n) is 4.96. The van der Waals surface area contributed by atoms with E-state index in [9.17, 15) is 0 Å². The monoisotopic (exact) mass is 193 g/mol. The van der Waals surface area contributed by atoms with E-state index in [2.05, 4.69) is 36.1 Å². The van der Waals surface area contributed by atoms with Crippen molar-refractivity contribution in [3.63, 3.8) is 0 Å². The summed E-state index contributed by atoms with van der Waals surface area (Å²) in [6, 6.07) is 0.430. The average molecular weight is 193 g/mol. The average Bonchev–Trinajstić information content (AvgIpc) is 2.14. The van der Waals surface area contributed by atoms with Gasteiger partial charge in [-0.25, -0.2) is 0 Å². The minimum atomic E-state index is 0.242. The highest BCUT2D eigenvalue weighted by Gasteiger charge is 2.23. The van der Waals surface area contributed by atoms with E-state index in [4.69, 9.17) is 0 Å². The molecule has 0 amide bonds. The third kappa shape index (κ3) is 3.07. The number of hydrogen-bond donors (Lipinski definition) is 1. The van der Waals surface area contributed by atoms with Crippen molar-refractivity contribution in [3.8, 4) is 0 Å². The summed E-state index contributed by atoms with van der Waals surface area (Å²) in [6.07, 6.45) is 6.20. The Balaban J connectivity index is 2.67. The van der Waals surface area contributed by atoms with Crippen LogP contribution in [-0.4, -0.2) is 23.1 Å². The van der Waals surface area contributed by atoms with Gasteiger partial charge in [-0.05, 0) is 12.5 Å². The molecule has 14 heavy (non-hydrogen) atoms. The maximum absolute atomic E-state index is 4.28. The van der Waals surface area contributed by atoms with Crippen LogP contribution in [0.25, 0.3) is 0 Å². The number of hydrogen-bond acceptors (Lipinski definition) is 3. The van der Waals surface area contributed by atoms with Crippen molar-refractivity contribution >= 4 is 0 Å². The Morgan fingerprint density at radius 1 is 1.36 bits per heavy atom. The molecule has 1 unspecified atom stereocenters. The van der Waals surface area contributed by atoms with Crippen LogP contribution in [0.15, 0.2) is 18.6 Å². The Bertz CT molecular complexity index is 264. The molecule has 0 bridgehead atoms. The molecule has 1 rings (SSSR count). The third-order valence-corrected chi connectivity index (χ3v) is 2.42. The van der Waals surface area contributed by atoms with Gasteiger partial charge in [0.15, 0.2) is 0 Å². The minimum Gasteiger partial charge on any atom is -0.316 e. The maximum atomic E-state index is 4.28. The summed E-state index contributed by atoms with van der Waals surface area (Å²) in [4.78, 5) is 8.34. The standard InChI is InChI=1S/C11H19N3/c1-11(2,3)10(12-4)7-9-8-13-5-6-14-9/h5-6,8,10,12H,7H2,1-4H3. The molecule has 1 aromatic rings. The van der Waals surface area contributed by atoms with E-state index in [1.54, 1.807) is 12.4 Å². The fraction of sp³-hybridized carbons (Fsp3) is 0.636. The minimum absolute atomic E-state index is 0.242. The largest absolute Gasteiger partial charge is 0.316 e. The molecule has 0 aliphatic carbocycles. The van der Waals surface area contributed by atoms with Crippen molar-refractivity contribution in [3.05, 3.63) is 24.3 Å². The number of aromatic nitrogens is 2. The Labute approximate surface area is 86.0 Å². The van der Waals surface area contributed by atoms with Gasteiger partial charge in [0.25, 0.3) is 0 Å². The molecule has 1 N–H and O–H groups in total. The van der Waals surface area contributed by atoms with Crippen molar-refractivity contribution < 1.29 is 0 Å². The van der Waals surface area contributed by atoms with Gasteiger partial charge in [0, 0.05) is 31.1 Å². The number of likely N-dealkylation sites (N-methyl/N-ethyl adjacent to an activating group) is 1. The van der Waals surface area contributed by atoms with Gasteiger partial charge in [0.05, 0.1) is 5.69 Å². The van der Waals surface area contributed by atoms with Crippen molar-refractivity contribution in [1.29, 1.82) is 0 Å². The van der Waals surface area contributed by atoms with Crippen LogP contribution in [0.2, 0.25) is 0 Å². The lowest BCUT2D eigenvalue weighted by atomic mass is 9.84. The molecule has 1 heterocycles. The fourth-order valence-electron chi connectivity index (χ4n) is 1.49. The molecule has 0 saturated heterocycles. The smallest absolute Gasteiger partial charge is 0.0602 e. The van der Waals surface area contributed by atoms with Crippen molar-refractivity contribution in [2.45, 2.75) is 33.2 Å². The zero-order valence-electron chi connectivity index (χ0n) is 9.41. The van der Waals surface area contributed by atoms with Crippen LogP contribution in [0.1, 0.15) is 26.5 Å². The molecule has 78 valence electrons. The molecule has 0 aliphatic heterocycles. The summed E-state index contributed by atoms with van der Waals surface area (Å²) in [5.74, 6) is 0. The molecule has 1 aromatic heterocycles. The Kier molecular flexibility index (Phi) is 3.58. The summed E-state index contributed by atoms with van der Waals surface area (Å²) in [5.41, 5.74) is 1.29. The number of rotatable bonds is 3.